The van der Waals surface area contributed by atoms with Crippen LogP contribution in [0.5, 0.6) is 5.75 Å². The van der Waals surface area contributed by atoms with Gasteiger partial charge in [-0.2, -0.15) is 5.10 Å². The second-order valence-corrected chi connectivity index (χ2v) is 6.47. The van der Waals surface area contributed by atoms with Gasteiger partial charge in [0.15, 0.2) is 0 Å². The van der Waals surface area contributed by atoms with Crippen molar-refractivity contribution in [3.63, 3.8) is 0 Å². The third kappa shape index (κ3) is 3.61. The van der Waals surface area contributed by atoms with Gasteiger partial charge in [0.1, 0.15) is 5.75 Å². The lowest BCUT2D eigenvalue weighted by Crippen LogP contribution is -2.41. The van der Waals surface area contributed by atoms with Crippen molar-refractivity contribution in [1.29, 1.82) is 0 Å². The van der Waals surface area contributed by atoms with Crippen LogP contribution >= 0.6 is 0 Å². The van der Waals surface area contributed by atoms with E-state index in [4.69, 9.17) is 4.74 Å². The van der Waals surface area contributed by atoms with Gasteiger partial charge in [-0.05, 0) is 36.5 Å². The van der Waals surface area contributed by atoms with Crippen LogP contribution in [-0.2, 0) is 4.79 Å². The number of piperidine rings is 1. The summed E-state index contributed by atoms with van der Waals surface area (Å²) in [5, 5.41) is 4.33. The number of hydrogen-bond acceptors (Lipinski definition) is 3. The van der Waals surface area contributed by atoms with Crippen molar-refractivity contribution in [1.82, 2.24) is 14.7 Å². The fraction of sp³-hybridized carbons (Fsp3) is 0.474. The van der Waals surface area contributed by atoms with Crippen molar-refractivity contribution in [2.45, 2.75) is 38.1 Å². The molecule has 128 valence electrons. The van der Waals surface area contributed by atoms with E-state index in [1.807, 2.05) is 46.1 Å². The largest absolute Gasteiger partial charge is 0.496 e. The lowest BCUT2D eigenvalue weighted by Gasteiger charge is -2.33. The summed E-state index contributed by atoms with van der Waals surface area (Å²) in [4.78, 5) is 14.7. The summed E-state index contributed by atoms with van der Waals surface area (Å²) < 4.78 is 7.40. The van der Waals surface area contributed by atoms with Crippen LogP contribution in [0.1, 0.15) is 43.7 Å². The number of ether oxygens (including phenoxy) is 1. The lowest BCUT2D eigenvalue weighted by atomic mass is 9.95. The van der Waals surface area contributed by atoms with Gasteiger partial charge in [-0.25, -0.2) is 0 Å². The number of carbonyl (C=O) groups excluding carboxylic acids is 1. The summed E-state index contributed by atoms with van der Waals surface area (Å²) in [5.41, 5.74) is 1.09. The molecule has 3 rings (SSSR count). The minimum absolute atomic E-state index is 0.138. The van der Waals surface area contributed by atoms with Gasteiger partial charge in [-0.3, -0.25) is 9.48 Å². The summed E-state index contributed by atoms with van der Waals surface area (Å²) in [5.74, 6) is 1.20. The predicted molar refractivity (Wildman–Crippen MR) is 93.1 cm³/mol. The monoisotopic (exact) mass is 327 g/mol. The quantitative estimate of drug-likeness (QED) is 0.847. The number of methoxy groups -OCH3 is 1. The van der Waals surface area contributed by atoms with Gasteiger partial charge >= 0.3 is 0 Å². The first-order valence-corrected chi connectivity index (χ1v) is 8.59. The van der Waals surface area contributed by atoms with Crippen LogP contribution < -0.4 is 4.74 Å². The molecule has 2 atom stereocenters. The molecule has 0 N–H and O–H groups in total. The number of likely N-dealkylation sites (tertiary alicyclic amines) is 1. The molecule has 0 radical (unpaired) electrons. The van der Waals surface area contributed by atoms with Crippen molar-refractivity contribution in [2.75, 3.05) is 20.2 Å². The first-order chi connectivity index (χ1) is 11.7. The molecular weight excluding hydrogens is 302 g/mol. The topological polar surface area (TPSA) is 47.4 Å². The summed E-state index contributed by atoms with van der Waals surface area (Å²) in [6.45, 7) is 3.68. The fourth-order valence-corrected chi connectivity index (χ4v) is 3.47. The second-order valence-electron chi connectivity index (χ2n) is 6.47. The van der Waals surface area contributed by atoms with E-state index in [9.17, 15) is 4.79 Å². The Kier molecular flexibility index (Phi) is 5.18. The fourth-order valence-electron chi connectivity index (χ4n) is 3.47. The third-order valence-electron chi connectivity index (χ3n) is 4.80. The first-order valence-electron chi connectivity index (χ1n) is 8.59. The number of benzene rings is 1. The Bertz CT molecular complexity index is 669. The van der Waals surface area contributed by atoms with Gasteiger partial charge < -0.3 is 9.64 Å². The SMILES string of the molecule is COc1ccccc1[C@@H](C)CC(=O)N1CCC[C@@H](n2cccn2)C1. The van der Waals surface area contributed by atoms with Crippen LogP contribution in [0.3, 0.4) is 0 Å². The zero-order valence-electron chi connectivity index (χ0n) is 14.4. The molecule has 1 aromatic heterocycles. The lowest BCUT2D eigenvalue weighted by molar-refractivity contribution is -0.133. The van der Waals surface area contributed by atoms with Gasteiger partial charge in [0, 0.05) is 31.9 Å². The van der Waals surface area contributed by atoms with E-state index in [0.29, 0.717) is 12.5 Å². The normalized spacial score (nSPS) is 19.1. The predicted octanol–water partition coefficient (Wildman–Crippen LogP) is 3.25. The van der Waals surface area contributed by atoms with Crippen molar-refractivity contribution in [3.05, 3.63) is 48.3 Å². The van der Waals surface area contributed by atoms with E-state index in [0.717, 1.165) is 37.2 Å². The van der Waals surface area contributed by atoms with E-state index in [1.54, 1.807) is 13.3 Å². The van der Waals surface area contributed by atoms with Crippen LogP contribution in [0.15, 0.2) is 42.7 Å². The Hall–Kier alpha value is -2.30. The van der Waals surface area contributed by atoms with Crippen molar-refractivity contribution >= 4 is 5.91 Å². The number of para-hydroxylation sites is 1. The zero-order valence-corrected chi connectivity index (χ0v) is 14.4. The first kappa shape index (κ1) is 16.6. The molecule has 0 bridgehead atoms. The van der Waals surface area contributed by atoms with Crippen molar-refractivity contribution in [3.8, 4) is 5.75 Å². The molecule has 1 aromatic carbocycles. The Morgan fingerprint density at radius 2 is 2.21 bits per heavy atom. The maximum atomic E-state index is 12.8. The van der Waals surface area contributed by atoms with Gasteiger partial charge in [-0.1, -0.05) is 25.1 Å². The molecule has 0 spiro atoms. The summed E-state index contributed by atoms with van der Waals surface area (Å²) in [6, 6.07) is 10.2. The molecule has 5 nitrogen and oxygen atoms in total. The number of aromatic nitrogens is 2. The molecule has 0 unspecified atom stereocenters. The van der Waals surface area contributed by atoms with E-state index in [-0.39, 0.29) is 11.8 Å². The van der Waals surface area contributed by atoms with E-state index in [2.05, 4.69) is 12.0 Å². The molecule has 1 aliphatic heterocycles. The van der Waals surface area contributed by atoms with Crippen molar-refractivity contribution in [2.24, 2.45) is 0 Å². The van der Waals surface area contributed by atoms with E-state index < -0.39 is 0 Å². The smallest absolute Gasteiger partial charge is 0.223 e. The molecule has 0 aliphatic carbocycles. The molecule has 1 aliphatic rings. The highest BCUT2D eigenvalue weighted by Crippen LogP contribution is 2.30. The third-order valence-corrected chi connectivity index (χ3v) is 4.80. The Morgan fingerprint density at radius 1 is 1.38 bits per heavy atom. The molecule has 24 heavy (non-hydrogen) atoms. The maximum Gasteiger partial charge on any atom is 0.223 e. The number of amides is 1. The van der Waals surface area contributed by atoms with E-state index >= 15 is 0 Å². The minimum atomic E-state index is 0.138. The average Bonchev–Trinajstić information content (AvgIpc) is 3.16. The Labute approximate surface area is 143 Å². The second kappa shape index (κ2) is 7.51. The van der Waals surface area contributed by atoms with Crippen LogP contribution in [0.4, 0.5) is 0 Å². The standard InChI is InChI=1S/C19H25N3O2/c1-15(17-8-3-4-9-18(17)24-2)13-19(23)21-11-5-7-16(14-21)22-12-6-10-20-22/h3-4,6,8-10,12,15-16H,5,7,11,13-14H2,1-2H3/t15-,16+/m0/s1. The van der Waals surface area contributed by atoms with Gasteiger partial charge in [-0.15, -0.1) is 0 Å². The highest BCUT2D eigenvalue weighted by molar-refractivity contribution is 5.77. The van der Waals surface area contributed by atoms with Gasteiger partial charge in [0.2, 0.25) is 5.91 Å². The number of carbonyl (C=O) groups is 1. The van der Waals surface area contributed by atoms with Crippen LogP contribution in [0.25, 0.3) is 0 Å². The molecule has 5 heteroatoms. The molecule has 2 aromatic rings. The molecule has 1 amide bonds. The van der Waals surface area contributed by atoms with E-state index in [1.165, 1.54) is 0 Å². The molecule has 0 saturated carbocycles. The zero-order chi connectivity index (χ0) is 16.9. The summed E-state index contributed by atoms with van der Waals surface area (Å²) in [7, 11) is 1.67. The Balaban J connectivity index is 1.64. The molecule has 2 heterocycles. The maximum absolute atomic E-state index is 12.8. The summed E-state index contributed by atoms with van der Waals surface area (Å²) in [6.07, 6.45) is 6.39. The number of rotatable bonds is 5. The van der Waals surface area contributed by atoms with Crippen molar-refractivity contribution < 1.29 is 9.53 Å². The Morgan fingerprint density at radius 3 is 2.96 bits per heavy atom. The van der Waals surface area contributed by atoms with Gasteiger partial charge in [0.05, 0.1) is 13.2 Å². The van der Waals surface area contributed by atoms with Crippen LogP contribution in [0.2, 0.25) is 0 Å². The summed E-state index contributed by atoms with van der Waals surface area (Å²) >= 11 is 0. The van der Waals surface area contributed by atoms with Gasteiger partial charge in [0.25, 0.3) is 0 Å². The highest BCUT2D eigenvalue weighted by atomic mass is 16.5. The molecule has 1 saturated heterocycles. The average molecular weight is 327 g/mol. The van der Waals surface area contributed by atoms with Crippen LogP contribution in [0, 0.1) is 0 Å². The van der Waals surface area contributed by atoms with Crippen LogP contribution in [-0.4, -0.2) is 40.8 Å². The number of hydrogen-bond donors (Lipinski definition) is 0. The number of nitrogens with zero attached hydrogens (tertiary/aromatic N) is 3. The molecule has 1 fully saturated rings. The molecular formula is C19H25N3O2. The minimum Gasteiger partial charge on any atom is -0.496 e. The highest BCUT2D eigenvalue weighted by Gasteiger charge is 2.26.